The molecule has 2 amide bonds. The minimum Gasteiger partial charge on any atom is -0.504 e. The van der Waals surface area contributed by atoms with Crippen molar-refractivity contribution in [2.24, 2.45) is 0 Å². The van der Waals surface area contributed by atoms with Crippen LogP contribution in [0.2, 0.25) is 5.02 Å². The van der Waals surface area contributed by atoms with Gasteiger partial charge in [-0.3, -0.25) is 14.5 Å². The van der Waals surface area contributed by atoms with Crippen molar-refractivity contribution in [2.45, 2.75) is 6.54 Å². The number of amides is 2. The Balaban J connectivity index is 1.84. The number of aromatic hydroxyl groups is 2. The number of phenolic OH excluding ortho intramolecular Hbond substituents is 2. The molecule has 0 unspecified atom stereocenters. The predicted molar refractivity (Wildman–Crippen MR) is 92.7 cm³/mol. The lowest BCUT2D eigenvalue weighted by molar-refractivity contribution is -0.123. The molecule has 1 heterocycles. The average molecular weight is 362 g/mol. The zero-order valence-electron chi connectivity index (χ0n) is 12.3. The van der Waals surface area contributed by atoms with E-state index in [1.807, 2.05) is 0 Å². The molecule has 2 aromatic carbocycles. The number of phenols is 2. The molecule has 2 aromatic rings. The molecule has 1 saturated heterocycles. The van der Waals surface area contributed by atoms with Crippen LogP contribution in [0.15, 0.2) is 47.4 Å². The van der Waals surface area contributed by atoms with Crippen molar-refractivity contribution in [3.8, 4) is 11.5 Å². The molecule has 0 bridgehead atoms. The first-order valence-electron chi connectivity index (χ1n) is 6.96. The molecule has 7 heteroatoms. The number of halogens is 1. The van der Waals surface area contributed by atoms with Crippen LogP contribution in [0.3, 0.4) is 0 Å². The number of benzene rings is 2. The molecule has 0 radical (unpaired) electrons. The molecule has 5 nitrogen and oxygen atoms in total. The third-order valence-electron chi connectivity index (χ3n) is 3.46. The van der Waals surface area contributed by atoms with Crippen molar-refractivity contribution in [1.29, 1.82) is 0 Å². The fourth-order valence-corrected chi connectivity index (χ4v) is 3.17. The van der Waals surface area contributed by atoms with Gasteiger partial charge in [-0.2, -0.15) is 0 Å². The minimum atomic E-state index is -0.442. The van der Waals surface area contributed by atoms with Gasteiger partial charge in [0.05, 0.1) is 11.4 Å². The van der Waals surface area contributed by atoms with E-state index in [0.29, 0.717) is 5.02 Å². The van der Waals surface area contributed by atoms with Crippen LogP contribution in [0.4, 0.5) is 4.79 Å². The molecule has 3 rings (SSSR count). The summed E-state index contributed by atoms with van der Waals surface area (Å²) in [6.45, 7) is 0.144. The van der Waals surface area contributed by atoms with E-state index in [4.69, 9.17) is 11.6 Å². The molecule has 1 aliphatic rings. The maximum atomic E-state index is 12.4. The van der Waals surface area contributed by atoms with E-state index in [1.54, 1.807) is 36.4 Å². The summed E-state index contributed by atoms with van der Waals surface area (Å²) in [7, 11) is 0. The quantitative estimate of drug-likeness (QED) is 0.638. The van der Waals surface area contributed by atoms with Crippen LogP contribution < -0.4 is 0 Å². The second-order valence-corrected chi connectivity index (χ2v) is 6.54. The summed E-state index contributed by atoms with van der Waals surface area (Å²) >= 11 is 6.62. The van der Waals surface area contributed by atoms with Gasteiger partial charge >= 0.3 is 0 Å². The molecule has 122 valence electrons. The first kappa shape index (κ1) is 16.4. The Morgan fingerprint density at radius 2 is 1.79 bits per heavy atom. The van der Waals surface area contributed by atoms with E-state index in [9.17, 15) is 19.8 Å². The number of carbonyl (C=O) groups excluding carboxylic acids is 2. The Bertz CT molecular complexity index is 848. The van der Waals surface area contributed by atoms with Gasteiger partial charge < -0.3 is 10.2 Å². The van der Waals surface area contributed by atoms with E-state index in [0.717, 1.165) is 22.2 Å². The number of rotatable bonds is 3. The van der Waals surface area contributed by atoms with Crippen LogP contribution in [0.5, 0.6) is 11.5 Å². The van der Waals surface area contributed by atoms with Crippen molar-refractivity contribution in [1.82, 2.24) is 4.90 Å². The fourth-order valence-electron chi connectivity index (χ4n) is 2.22. The number of hydrogen-bond donors (Lipinski definition) is 2. The Kier molecular flexibility index (Phi) is 4.51. The molecular weight excluding hydrogens is 350 g/mol. The number of carbonyl (C=O) groups is 2. The second-order valence-electron chi connectivity index (χ2n) is 5.11. The molecule has 0 spiro atoms. The number of para-hydroxylation sites is 1. The van der Waals surface area contributed by atoms with Gasteiger partial charge in [0.15, 0.2) is 11.5 Å². The Morgan fingerprint density at radius 1 is 1.08 bits per heavy atom. The van der Waals surface area contributed by atoms with E-state index < -0.39 is 5.91 Å². The molecule has 2 N–H and O–H groups in total. The Labute approximate surface area is 147 Å². The summed E-state index contributed by atoms with van der Waals surface area (Å²) in [6.07, 6.45) is 1.39. The lowest BCUT2D eigenvalue weighted by Gasteiger charge is -2.12. The monoisotopic (exact) mass is 361 g/mol. The first-order chi connectivity index (χ1) is 11.5. The summed E-state index contributed by atoms with van der Waals surface area (Å²) < 4.78 is 0. The van der Waals surface area contributed by atoms with Gasteiger partial charge in [0, 0.05) is 10.6 Å². The number of imide groups is 1. The van der Waals surface area contributed by atoms with Gasteiger partial charge in [0.1, 0.15) is 0 Å². The van der Waals surface area contributed by atoms with Crippen LogP contribution in [-0.4, -0.2) is 26.3 Å². The van der Waals surface area contributed by atoms with Crippen LogP contribution in [0.1, 0.15) is 11.1 Å². The summed E-state index contributed by atoms with van der Waals surface area (Å²) in [4.78, 5) is 25.8. The predicted octanol–water partition coefficient (Wildman–Crippen LogP) is 3.99. The van der Waals surface area contributed by atoms with Crippen molar-refractivity contribution < 1.29 is 19.8 Å². The molecule has 0 aliphatic carbocycles. The van der Waals surface area contributed by atoms with E-state index in [2.05, 4.69) is 0 Å². The summed E-state index contributed by atoms with van der Waals surface area (Å²) in [5.74, 6) is -1.06. The standard InChI is InChI=1S/C17H12ClNO4S/c18-12-6-4-10(5-7-12)9-19-16(22)14(24-17(19)23)8-11-2-1-3-13(20)15(11)21/h1-8,20-21H,9H2. The maximum Gasteiger partial charge on any atom is 0.293 e. The van der Waals surface area contributed by atoms with Crippen LogP contribution in [0.25, 0.3) is 6.08 Å². The van der Waals surface area contributed by atoms with E-state index >= 15 is 0 Å². The largest absolute Gasteiger partial charge is 0.504 e. The number of hydrogen-bond acceptors (Lipinski definition) is 5. The summed E-state index contributed by atoms with van der Waals surface area (Å²) in [5, 5.41) is 19.5. The minimum absolute atomic E-state index is 0.144. The number of nitrogens with zero attached hydrogens (tertiary/aromatic N) is 1. The molecule has 0 saturated carbocycles. The highest BCUT2D eigenvalue weighted by Gasteiger charge is 2.35. The normalized spacial score (nSPS) is 16.2. The molecule has 1 aliphatic heterocycles. The van der Waals surface area contributed by atoms with Crippen LogP contribution in [-0.2, 0) is 11.3 Å². The third kappa shape index (κ3) is 3.25. The molecule has 1 fully saturated rings. The van der Waals surface area contributed by atoms with Crippen molar-refractivity contribution in [2.75, 3.05) is 0 Å². The summed E-state index contributed by atoms with van der Waals surface area (Å²) in [6, 6.07) is 11.3. The Hall–Kier alpha value is -2.44. The van der Waals surface area contributed by atoms with Gasteiger partial charge in [-0.1, -0.05) is 35.9 Å². The second kappa shape index (κ2) is 6.59. The van der Waals surface area contributed by atoms with E-state index in [1.165, 1.54) is 12.1 Å². The van der Waals surface area contributed by atoms with Gasteiger partial charge in [0.25, 0.3) is 11.1 Å². The molecule has 0 atom stereocenters. The fraction of sp³-hybridized carbons (Fsp3) is 0.0588. The zero-order valence-corrected chi connectivity index (χ0v) is 13.8. The van der Waals surface area contributed by atoms with Crippen molar-refractivity contribution >= 4 is 40.6 Å². The number of thioether (sulfide) groups is 1. The van der Waals surface area contributed by atoms with Crippen molar-refractivity contribution in [3.63, 3.8) is 0 Å². The summed E-state index contributed by atoms with van der Waals surface area (Å²) in [5.41, 5.74) is 1.05. The lowest BCUT2D eigenvalue weighted by Crippen LogP contribution is -2.27. The zero-order chi connectivity index (χ0) is 17.3. The van der Waals surface area contributed by atoms with Crippen LogP contribution >= 0.6 is 23.4 Å². The Morgan fingerprint density at radius 3 is 2.50 bits per heavy atom. The highest BCUT2D eigenvalue weighted by atomic mass is 35.5. The van der Waals surface area contributed by atoms with Gasteiger partial charge in [-0.05, 0) is 41.6 Å². The van der Waals surface area contributed by atoms with Gasteiger partial charge in [-0.25, -0.2) is 0 Å². The molecule has 0 aromatic heterocycles. The maximum absolute atomic E-state index is 12.4. The topological polar surface area (TPSA) is 77.8 Å². The highest BCUT2D eigenvalue weighted by molar-refractivity contribution is 8.18. The van der Waals surface area contributed by atoms with Gasteiger partial charge in [0.2, 0.25) is 0 Å². The van der Waals surface area contributed by atoms with Crippen LogP contribution in [0, 0.1) is 0 Å². The lowest BCUT2D eigenvalue weighted by atomic mass is 10.1. The molecule has 24 heavy (non-hydrogen) atoms. The SMILES string of the molecule is O=C1SC(=Cc2cccc(O)c2O)C(=O)N1Cc1ccc(Cl)cc1. The smallest absolute Gasteiger partial charge is 0.293 e. The van der Waals surface area contributed by atoms with E-state index in [-0.39, 0.29) is 33.8 Å². The average Bonchev–Trinajstić information content (AvgIpc) is 2.81. The third-order valence-corrected chi connectivity index (χ3v) is 4.62. The van der Waals surface area contributed by atoms with Gasteiger partial charge in [-0.15, -0.1) is 0 Å². The first-order valence-corrected chi connectivity index (χ1v) is 8.16. The molecular formula is C17H12ClNO4S. The van der Waals surface area contributed by atoms with Crippen molar-refractivity contribution in [3.05, 3.63) is 63.5 Å². The highest BCUT2D eigenvalue weighted by Crippen LogP contribution is 2.36.